The number of aromatic hydroxyl groups is 1. The second-order valence-electron chi connectivity index (χ2n) is 4.13. The Morgan fingerprint density at radius 2 is 2.12 bits per heavy atom. The third kappa shape index (κ3) is 3.69. The van der Waals surface area contributed by atoms with Gasteiger partial charge in [-0.05, 0) is 36.5 Å². The molecule has 2 nitrogen and oxygen atoms in total. The topological polar surface area (TPSA) is 37.3 Å². The van der Waals surface area contributed by atoms with Crippen LogP contribution in [-0.2, 0) is 4.79 Å². The number of phenolic OH excluding ortho intramolecular Hbond substituents is 1. The molecule has 1 unspecified atom stereocenters. The van der Waals surface area contributed by atoms with E-state index in [-0.39, 0.29) is 0 Å². The predicted molar refractivity (Wildman–Crippen MR) is 65.7 cm³/mol. The Bertz CT molecular complexity index is 344. The number of hydrogen-bond acceptors (Lipinski definition) is 2. The highest BCUT2D eigenvalue weighted by molar-refractivity contribution is 5.78. The van der Waals surface area contributed by atoms with Crippen molar-refractivity contribution in [1.82, 2.24) is 0 Å². The summed E-state index contributed by atoms with van der Waals surface area (Å²) >= 11 is 0. The van der Waals surface area contributed by atoms with Gasteiger partial charge in [0.05, 0.1) is 0 Å². The van der Waals surface area contributed by atoms with Crippen LogP contribution in [0.25, 0.3) is 0 Å². The first-order valence-electron chi connectivity index (χ1n) is 5.98. The molecular weight excluding hydrogens is 200 g/mol. The van der Waals surface area contributed by atoms with Crippen molar-refractivity contribution in [1.29, 1.82) is 0 Å². The zero-order chi connectivity index (χ0) is 12.0. The Hall–Kier alpha value is -1.31. The highest BCUT2D eigenvalue weighted by Crippen LogP contribution is 2.27. The molecular formula is C14H20O2. The Morgan fingerprint density at radius 1 is 1.38 bits per heavy atom. The van der Waals surface area contributed by atoms with Gasteiger partial charge in [0.2, 0.25) is 0 Å². The summed E-state index contributed by atoms with van der Waals surface area (Å²) in [5, 5.41) is 9.41. The van der Waals surface area contributed by atoms with Gasteiger partial charge >= 0.3 is 0 Å². The van der Waals surface area contributed by atoms with Crippen molar-refractivity contribution in [3.63, 3.8) is 0 Å². The van der Waals surface area contributed by atoms with E-state index >= 15 is 0 Å². The van der Waals surface area contributed by atoms with E-state index < -0.39 is 0 Å². The third-order valence-electron chi connectivity index (χ3n) is 3.00. The van der Waals surface area contributed by atoms with Crippen LogP contribution in [0.4, 0.5) is 0 Å². The molecule has 0 aliphatic heterocycles. The van der Waals surface area contributed by atoms with Crippen molar-refractivity contribution < 1.29 is 9.90 Å². The van der Waals surface area contributed by atoms with Gasteiger partial charge < -0.3 is 5.11 Å². The van der Waals surface area contributed by atoms with Crippen molar-refractivity contribution in [3.8, 4) is 5.75 Å². The molecule has 1 rings (SSSR count). The van der Waals surface area contributed by atoms with Gasteiger partial charge in [0.15, 0.2) is 0 Å². The summed E-state index contributed by atoms with van der Waals surface area (Å²) in [5.41, 5.74) is 1.13. The van der Waals surface area contributed by atoms with E-state index in [0.29, 0.717) is 30.3 Å². The molecule has 0 aliphatic rings. The highest BCUT2D eigenvalue weighted by Gasteiger charge is 2.11. The van der Waals surface area contributed by atoms with E-state index in [1.165, 1.54) is 0 Å². The number of carbonyl (C=O) groups excluding carboxylic acids is 1. The molecule has 88 valence electrons. The minimum absolute atomic E-state index is 0.303. The van der Waals surface area contributed by atoms with E-state index in [0.717, 1.165) is 18.4 Å². The van der Waals surface area contributed by atoms with Crippen molar-refractivity contribution in [2.24, 2.45) is 0 Å². The molecule has 0 aliphatic carbocycles. The summed E-state index contributed by atoms with van der Waals surface area (Å²) in [6.45, 7) is 4.02. The summed E-state index contributed by atoms with van der Waals surface area (Å²) < 4.78 is 0. The van der Waals surface area contributed by atoms with Crippen molar-refractivity contribution in [2.75, 3.05) is 0 Å². The Balaban J connectivity index is 2.64. The first-order valence-corrected chi connectivity index (χ1v) is 5.98. The van der Waals surface area contributed by atoms with Crippen molar-refractivity contribution in [2.45, 2.75) is 45.4 Å². The standard InChI is InChI=1S/C14H20O2/c1-3-11(8-9-13(15)4-2)12-6-5-7-14(16)10-12/h5-7,10-11,16H,3-4,8-9H2,1-2H3. The lowest BCUT2D eigenvalue weighted by atomic mass is 9.91. The van der Waals surface area contributed by atoms with Gasteiger partial charge in [-0.25, -0.2) is 0 Å². The number of benzene rings is 1. The molecule has 0 amide bonds. The van der Waals surface area contributed by atoms with Crippen molar-refractivity contribution >= 4 is 5.78 Å². The van der Waals surface area contributed by atoms with Crippen LogP contribution in [0, 0.1) is 0 Å². The molecule has 0 bridgehead atoms. The average molecular weight is 220 g/mol. The molecule has 0 fully saturated rings. The normalized spacial score (nSPS) is 12.4. The van der Waals surface area contributed by atoms with E-state index in [2.05, 4.69) is 6.92 Å². The summed E-state index contributed by atoms with van der Waals surface area (Å²) in [4.78, 5) is 11.3. The Labute approximate surface area is 97.3 Å². The van der Waals surface area contributed by atoms with Crippen LogP contribution < -0.4 is 0 Å². The first-order chi connectivity index (χ1) is 7.67. The smallest absolute Gasteiger partial charge is 0.132 e. The average Bonchev–Trinajstić information content (AvgIpc) is 2.29. The van der Waals surface area contributed by atoms with Crippen LogP contribution in [0.1, 0.15) is 51.0 Å². The maximum Gasteiger partial charge on any atom is 0.132 e. The lowest BCUT2D eigenvalue weighted by molar-refractivity contribution is -0.118. The Kier molecular flexibility index (Phi) is 5.03. The van der Waals surface area contributed by atoms with Gasteiger partial charge in [0.25, 0.3) is 0 Å². The Morgan fingerprint density at radius 3 is 2.69 bits per heavy atom. The molecule has 16 heavy (non-hydrogen) atoms. The third-order valence-corrected chi connectivity index (χ3v) is 3.00. The quantitative estimate of drug-likeness (QED) is 0.794. The van der Waals surface area contributed by atoms with E-state index in [9.17, 15) is 9.90 Å². The van der Waals surface area contributed by atoms with Crippen LogP contribution in [0.3, 0.4) is 0 Å². The maximum absolute atomic E-state index is 11.3. The fourth-order valence-corrected chi connectivity index (χ4v) is 1.90. The molecule has 0 spiro atoms. The zero-order valence-electron chi connectivity index (χ0n) is 10.1. The number of carbonyl (C=O) groups is 1. The zero-order valence-corrected chi connectivity index (χ0v) is 10.1. The van der Waals surface area contributed by atoms with Gasteiger partial charge in [-0.1, -0.05) is 26.0 Å². The van der Waals surface area contributed by atoms with Crippen LogP contribution in [0.15, 0.2) is 24.3 Å². The van der Waals surface area contributed by atoms with Gasteiger partial charge in [0.1, 0.15) is 11.5 Å². The number of ketones is 1. The number of rotatable bonds is 6. The van der Waals surface area contributed by atoms with E-state index in [4.69, 9.17) is 0 Å². The molecule has 1 aromatic carbocycles. The first kappa shape index (κ1) is 12.8. The molecule has 0 heterocycles. The fraction of sp³-hybridized carbons (Fsp3) is 0.500. The lowest BCUT2D eigenvalue weighted by Gasteiger charge is -2.14. The summed E-state index contributed by atoms with van der Waals surface area (Å²) in [5.74, 6) is 0.999. The number of phenols is 1. The van der Waals surface area contributed by atoms with Crippen LogP contribution in [0.5, 0.6) is 5.75 Å². The second-order valence-corrected chi connectivity index (χ2v) is 4.13. The molecule has 0 saturated heterocycles. The van der Waals surface area contributed by atoms with Crippen LogP contribution >= 0.6 is 0 Å². The molecule has 0 radical (unpaired) electrons. The highest BCUT2D eigenvalue weighted by atomic mass is 16.3. The van der Waals surface area contributed by atoms with Gasteiger partial charge in [-0.3, -0.25) is 4.79 Å². The summed E-state index contributed by atoms with van der Waals surface area (Å²) in [6.07, 6.45) is 3.15. The van der Waals surface area contributed by atoms with E-state index in [1.807, 2.05) is 19.1 Å². The molecule has 1 aromatic rings. The summed E-state index contributed by atoms with van der Waals surface area (Å²) in [6, 6.07) is 7.34. The maximum atomic E-state index is 11.3. The monoisotopic (exact) mass is 220 g/mol. The number of Topliss-reactive ketones (excluding diaryl/α,β-unsaturated/α-hetero) is 1. The van der Waals surface area contributed by atoms with Crippen LogP contribution in [-0.4, -0.2) is 10.9 Å². The lowest BCUT2D eigenvalue weighted by Crippen LogP contribution is -2.02. The minimum Gasteiger partial charge on any atom is -0.508 e. The minimum atomic E-state index is 0.303. The van der Waals surface area contributed by atoms with Gasteiger partial charge in [0, 0.05) is 12.8 Å². The second kappa shape index (κ2) is 6.31. The molecule has 0 saturated carbocycles. The van der Waals surface area contributed by atoms with Gasteiger partial charge in [-0.2, -0.15) is 0 Å². The van der Waals surface area contributed by atoms with Gasteiger partial charge in [-0.15, -0.1) is 0 Å². The number of hydrogen-bond donors (Lipinski definition) is 1. The molecule has 2 heteroatoms. The van der Waals surface area contributed by atoms with Crippen LogP contribution in [0.2, 0.25) is 0 Å². The molecule has 1 N–H and O–H groups in total. The van der Waals surface area contributed by atoms with Crippen molar-refractivity contribution in [3.05, 3.63) is 29.8 Å². The summed E-state index contributed by atoms with van der Waals surface area (Å²) in [7, 11) is 0. The van der Waals surface area contributed by atoms with E-state index in [1.54, 1.807) is 12.1 Å². The largest absolute Gasteiger partial charge is 0.508 e. The predicted octanol–water partition coefficient (Wildman–Crippen LogP) is 3.65. The molecule has 1 atom stereocenters. The molecule has 0 aromatic heterocycles. The SMILES string of the molecule is CCC(=O)CCC(CC)c1cccc(O)c1. The fourth-order valence-electron chi connectivity index (χ4n) is 1.90.